The Kier molecular flexibility index (Phi) is 5.43. The molecular formula is C18H20F2N2O3. The highest BCUT2D eigenvalue weighted by molar-refractivity contribution is 5.66. The zero-order chi connectivity index (χ0) is 17.8. The third-order valence-corrected chi connectivity index (χ3v) is 4.47. The molecule has 3 rings (SSSR count). The van der Waals surface area contributed by atoms with Crippen molar-refractivity contribution in [2.75, 3.05) is 13.1 Å². The van der Waals surface area contributed by atoms with Gasteiger partial charge < -0.3 is 9.52 Å². The summed E-state index contributed by atoms with van der Waals surface area (Å²) in [6.45, 7) is 2.36. The Hall–Kier alpha value is -2.28. The molecule has 5 nitrogen and oxygen atoms in total. The lowest BCUT2D eigenvalue weighted by Crippen LogP contribution is -2.35. The first kappa shape index (κ1) is 17.5. The van der Waals surface area contributed by atoms with E-state index in [2.05, 4.69) is 9.88 Å². The third-order valence-electron chi connectivity index (χ3n) is 4.47. The molecule has 0 bridgehead atoms. The van der Waals surface area contributed by atoms with Crippen LogP contribution in [0.3, 0.4) is 0 Å². The Labute approximate surface area is 144 Å². The first-order valence-electron chi connectivity index (χ1n) is 8.35. The van der Waals surface area contributed by atoms with Crippen LogP contribution in [0.5, 0.6) is 0 Å². The number of likely N-dealkylation sites (tertiary alicyclic amines) is 1. The molecule has 0 radical (unpaired) electrons. The van der Waals surface area contributed by atoms with Crippen LogP contribution in [0.1, 0.15) is 31.4 Å². The van der Waals surface area contributed by atoms with Gasteiger partial charge in [-0.3, -0.25) is 9.69 Å². The quantitative estimate of drug-likeness (QED) is 0.860. The van der Waals surface area contributed by atoms with Crippen LogP contribution in [0.4, 0.5) is 8.78 Å². The second-order valence-electron chi connectivity index (χ2n) is 6.45. The van der Waals surface area contributed by atoms with Crippen molar-refractivity contribution in [1.29, 1.82) is 0 Å². The molecular weight excluding hydrogens is 330 g/mol. The fourth-order valence-electron chi connectivity index (χ4n) is 3.23. The minimum absolute atomic E-state index is 0.197. The van der Waals surface area contributed by atoms with Gasteiger partial charge in [0.25, 0.3) is 0 Å². The number of oxazole rings is 1. The van der Waals surface area contributed by atoms with E-state index < -0.39 is 17.6 Å². The van der Waals surface area contributed by atoms with E-state index in [1.807, 2.05) is 0 Å². The van der Waals surface area contributed by atoms with Gasteiger partial charge in [0.1, 0.15) is 6.26 Å². The smallest absolute Gasteiger partial charge is 0.303 e. The molecule has 0 aliphatic carbocycles. The summed E-state index contributed by atoms with van der Waals surface area (Å²) < 4.78 is 31.7. The van der Waals surface area contributed by atoms with Crippen LogP contribution < -0.4 is 0 Å². The van der Waals surface area contributed by atoms with E-state index in [0.717, 1.165) is 43.8 Å². The van der Waals surface area contributed by atoms with Crippen molar-refractivity contribution in [3.05, 3.63) is 41.8 Å². The summed E-state index contributed by atoms with van der Waals surface area (Å²) >= 11 is 0. The number of piperidine rings is 1. The average molecular weight is 350 g/mol. The molecule has 134 valence electrons. The number of halogens is 2. The second kappa shape index (κ2) is 7.74. The fraction of sp³-hybridized carbons (Fsp3) is 0.444. The molecule has 1 aliphatic heterocycles. The Morgan fingerprint density at radius 2 is 2.20 bits per heavy atom. The van der Waals surface area contributed by atoms with Crippen LogP contribution >= 0.6 is 0 Å². The van der Waals surface area contributed by atoms with Crippen molar-refractivity contribution >= 4 is 5.97 Å². The first-order chi connectivity index (χ1) is 12.0. The van der Waals surface area contributed by atoms with Crippen molar-refractivity contribution in [1.82, 2.24) is 9.88 Å². The predicted octanol–water partition coefficient (Wildman–Crippen LogP) is 3.70. The summed E-state index contributed by atoms with van der Waals surface area (Å²) in [5.74, 6) is -1.97. The van der Waals surface area contributed by atoms with Crippen LogP contribution in [0.25, 0.3) is 11.5 Å². The van der Waals surface area contributed by atoms with Gasteiger partial charge in [0, 0.05) is 25.1 Å². The van der Waals surface area contributed by atoms with E-state index in [4.69, 9.17) is 9.52 Å². The SMILES string of the molecule is O=C(O)CCC1CCCN(Cc2coc(-c3ccc(F)c(F)c3)n2)C1. The number of carboxylic acid groups (broad SMARTS) is 1. The van der Waals surface area contributed by atoms with E-state index in [0.29, 0.717) is 24.4 Å². The standard InChI is InChI=1S/C18H20F2N2O3/c19-15-5-4-13(8-16(15)20)18-21-14(11-25-18)10-22-7-1-2-12(9-22)3-6-17(23)24/h4-5,8,11-12H,1-3,6-7,9-10H2,(H,23,24). The summed E-state index contributed by atoms with van der Waals surface area (Å²) in [7, 11) is 0. The molecule has 0 saturated carbocycles. The van der Waals surface area contributed by atoms with Gasteiger partial charge in [0.2, 0.25) is 5.89 Å². The number of benzene rings is 1. The molecule has 1 saturated heterocycles. The lowest BCUT2D eigenvalue weighted by atomic mass is 9.93. The monoisotopic (exact) mass is 350 g/mol. The molecule has 7 heteroatoms. The number of hydrogen-bond acceptors (Lipinski definition) is 4. The zero-order valence-corrected chi connectivity index (χ0v) is 13.8. The molecule has 1 aliphatic rings. The van der Waals surface area contributed by atoms with Crippen molar-refractivity contribution in [3.8, 4) is 11.5 Å². The van der Waals surface area contributed by atoms with E-state index in [-0.39, 0.29) is 12.3 Å². The number of aromatic nitrogens is 1. The number of nitrogens with zero attached hydrogens (tertiary/aromatic N) is 2. The normalized spacial score (nSPS) is 18.4. The number of carboxylic acids is 1. The van der Waals surface area contributed by atoms with Gasteiger partial charge in [-0.1, -0.05) is 0 Å². The van der Waals surface area contributed by atoms with Gasteiger partial charge in [-0.15, -0.1) is 0 Å². The summed E-state index contributed by atoms with van der Waals surface area (Å²) in [5, 5.41) is 8.81. The molecule has 1 N–H and O–H groups in total. The second-order valence-corrected chi connectivity index (χ2v) is 6.45. The molecule has 1 aromatic carbocycles. The minimum Gasteiger partial charge on any atom is -0.481 e. The van der Waals surface area contributed by atoms with Crippen molar-refractivity contribution in [2.45, 2.75) is 32.2 Å². The average Bonchev–Trinajstić information content (AvgIpc) is 3.04. The van der Waals surface area contributed by atoms with Gasteiger partial charge in [-0.05, 0) is 49.9 Å². The Balaban J connectivity index is 1.61. The Morgan fingerprint density at radius 1 is 1.36 bits per heavy atom. The largest absolute Gasteiger partial charge is 0.481 e. The Morgan fingerprint density at radius 3 is 2.96 bits per heavy atom. The minimum atomic E-state index is -0.936. The summed E-state index contributed by atoms with van der Waals surface area (Å²) in [6.07, 6.45) is 4.48. The van der Waals surface area contributed by atoms with Gasteiger partial charge in [-0.2, -0.15) is 0 Å². The van der Waals surface area contributed by atoms with E-state index in [1.165, 1.54) is 12.3 Å². The number of carbonyl (C=O) groups is 1. The van der Waals surface area contributed by atoms with Crippen LogP contribution in [0.15, 0.2) is 28.9 Å². The third kappa shape index (κ3) is 4.63. The molecule has 1 fully saturated rings. The molecule has 2 aromatic rings. The van der Waals surface area contributed by atoms with Gasteiger partial charge >= 0.3 is 5.97 Å². The van der Waals surface area contributed by atoms with Crippen LogP contribution in [0, 0.1) is 17.6 Å². The zero-order valence-electron chi connectivity index (χ0n) is 13.8. The van der Waals surface area contributed by atoms with E-state index >= 15 is 0 Å². The van der Waals surface area contributed by atoms with E-state index in [1.54, 1.807) is 0 Å². The van der Waals surface area contributed by atoms with Gasteiger partial charge in [-0.25, -0.2) is 13.8 Å². The highest BCUT2D eigenvalue weighted by Gasteiger charge is 2.21. The number of aliphatic carboxylic acids is 1. The van der Waals surface area contributed by atoms with Crippen molar-refractivity contribution in [2.24, 2.45) is 5.92 Å². The van der Waals surface area contributed by atoms with Crippen LogP contribution in [0.2, 0.25) is 0 Å². The highest BCUT2D eigenvalue weighted by atomic mass is 19.2. The van der Waals surface area contributed by atoms with Crippen molar-refractivity contribution in [3.63, 3.8) is 0 Å². The number of hydrogen-bond donors (Lipinski definition) is 1. The molecule has 1 atom stereocenters. The van der Waals surface area contributed by atoms with Gasteiger partial charge in [0.15, 0.2) is 11.6 Å². The molecule has 0 amide bonds. The maximum Gasteiger partial charge on any atom is 0.303 e. The Bertz CT molecular complexity index is 748. The highest BCUT2D eigenvalue weighted by Crippen LogP contribution is 2.24. The molecule has 2 heterocycles. The topological polar surface area (TPSA) is 66.6 Å². The molecule has 0 spiro atoms. The summed E-state index contributed by atoms with van der Waals surface area (Å²) in [5.41, 5.74) is 1.11. The van der Waals surface area contributed by atoms with E-state index in [9.17, 15) is 13.6 Å². The maximum atomic E-state index is 13.3. The molecule has 25 heavy (non-hydrogen) atoms. The summed E-state index contributed by atoms with van der Waals surface area (Å²) in [4.78, 5) is 17.3. The fourth-order valence-corrected chi connectivity index (χ4v) is 3.23. The molecule has 1 aromatic heterocycles. The lowest BCUT2D eigenvalue weighted by molar-refractivity contribution is -0.137. The summed E-state index contributed by atoms with van der Waals surface area (Å²) in [6, 6.07) is 3.54. The maximum absolute atomic E-state index is 13.3. The van der Waals surface area contributed by atoms with Gasteiger partial charge in [0.05, 0.1) is 5.69 Å². The number of rotatable bonds is 6. The first-order valence-corrected chi connectivity index (χ1v) is 8.35. The predicted molar refractivity (Wildman–Crippen MR) is 86.7 cm³/mol. The lowest BCUT2D eigenvalue weighted by Gasteiger charge is -2.31. The van der Waals surface area contributed by atoms with Crippen LogP contribution in [-0.4, -0.2) is 34.0 Å². The van der Waals surface area contributed by atoms with Crippen LogP contribution in [-0.2, 0) is 11.3 Å². The molecule has 1 unspecified atom stereocenters. The van der Waals surface area contributed by atoms with Crippen molar-refractivity contribution < 1.29 is 23.1 Å².